The number of benzene rings is 2. The van der Waals surface area contributed by atoms with Crippen molar-refractivity contribution in [3.8, 4) is 0 Å². The van der Waals surface area contributed by atoms with Gasteiger partial charge in [-0.05, 0) is 30.7 Å². The molecule has 1 aromatic heterocycles. The molecule has 3 aromatic rings. The Morgan fingerprint density at radius 2 is 1.84 bits per heavy atom. The number of para-hydroxylation sites is 1. The number of aliphatic hydroxyl groups is 1. The molecule has 172 valence electrons. The average molecular weight is 498 g/mol. The molecule has 0 aliphatic carbocycles. The first-order valence-corrected chi connectivity index (χ1v) is 11.2. The van der Waals surface area contributed by atoms with E-state index in [-0.39, 0.29) is 24.9 Å². The first-order valence-electron chi connectivity index (χ1n) is 10.5. The van der Waals surface area contributed by atoms with Crippen LogP contribution in [-0.2, 0) is 0 Å². The van der Waals surface area contributed by atoms with Crippen molar-refractivity contribution in [1.82, 2.24) is 15.2 Å². The van der Waals surface area contributed by atoms with Crippen LogP contribution in [-0.4, -0.2) is 66.3 Å². The maximum atomic E-state index is 12.4. The number of carbonyl (C=O) groups is 1. The van der Waals surface area contributed by atoms with Crippen molar-refractivity contribution in [2.24, 2.45) is 0 Å². The first kappa shape index (κ1) is 24.7. The van der Waals surface area contributed by atoms with Gasteiger partial charge in [0.1, 0.15) is 5.69 Å². The highest BCUT2D eigenvalue weighted by molar-refractivity contribution is 6.43. The van der Waals surface area contributed by atoms with Crippen molar-refractivity contribution >= 4 is 58.1 Å². The van der Waals surface area contributed by atoms with Gasteiger partial charge in [0, 0.05) is 50.2 Å². The zero-order valence-corrected chi connectivity index (χ0v) is 19.9. The Balaban J connectivity index is 0.00000289. The molecule has 9 heteroatoms. The second-order valence-electron chi connectivity index (χ2n) is 7.82. The lowest BCUT2D eigenvalue weighted by molar-refractivity contribution is 0.0893. The summed E-state index contributed by atoms with van der Waals surface area (Å²) in [5, 5.41) is 15.3. The summed E-state index contributed by atoms with van der Waals surface area (Å²) in [4.78, 5) is 20.0. The fraction of sp³-hybridized carbons (Fsp3) is 0.348. The van der Waals surface area contributed by atoms with E-state index in [4.69, 9.17) is 23.2 Å². The normalized spacial score (nSPS) is 15.4. The van der Waals surface area contributed by atoms with E-state index in [1.807, 2.05) is 42.5 Å². The fourth-order valence-electron chi connectivity index (χ4n) is 3.88. The van der Waals surface area contributed by atoms with Gasteiger partial charge >= 0.3 is 0 Å². The molecule has 6 nitrogen and oxygen atoms in total. The summed E-state index contributed by atoms with van der Waals surface area (Å²) < 4.78 is 0. The van der Waals surface area contributed by atoms with E-state index in [0.29, 0.717) is 22.2 Å². The summed E-state index contributed by atoms with van der Waals surface area (Å²) in [6.07, 6.45) is 0.0129. The Hall–Kier alpha value is -1.96. The lowest BCUT2D eigenvalue weighted by Gasteiger charge is -2.36. The fourth-order valence-corrected chi connectivity index (χ4v) is 4.30. The van der Waals surface area contributed by atoms with Gasteiger partial charge in [0.25, 0.3) is 5.91 Å². The molecule has 1 unspecified atom stereocenters. The van der Waals surface area contributed by atoms with E-state index in [1.54, 1.807) is 6.07 Å². The van der Waals surface area contributed by atoms with Crippen molar-refractivity contribution in [3.63, 3.8) is 0 Å². The second-order valence-corrected chi connectivity index (χ2v) is 8.61. The second kappa shape index (κ2) is 11.3. The molecule has 1 aliphatic rings. The van der Waals surface area contributed by atoms with Crippen molar-refractivity contribution in [2.45, 2.75) is 12.5 Å². The largest absolute Gasteiger partial charge is 0.391 e. The predicted octanol–water partition coefficient (Wildman–Crippen LogP) is 4.20. The van der Waals surface area contributed by atoms with E-state index in [2.05, 4.69) is 20.1 Å². The number of carbonyl (C=O) groups excluding carboxylic acids is 1. The smallest absolute Gasteiger partial charge is 0.267 e. The summed E-state index contributed by atoms with van der Waals surface area (Å²) in [6, 6.07) is 15.3. The van der Waals surface area contributed by atoms with Crippen molar-refractivity contribution in [1.29, 1.82) is 0 Å². The van der Waals surface area contributed by atoms with Crippen LogP contribution in [0.25, 0.3) is 10.9 Å². The number of piperazine rings is 1. The Labute approximate surface area is 203 Å². The Morgan fingerprint density at radius 3 is 2.59 bits per heavy atom. The molecule has 0 spiro atoms. The number of aromatic amines is 1. The topological polar surface area (TPSA) is 71.6 Å². The number of nitrogens with zero attached hydrogens (tertiary/aromatic N) is 2. The first-order chi connectivity index (χ1) is 15.0. The molecule has 3 N–H and O–H groups in total. The molecule has 0 bridgehead atoms. The lowest BCUT2D eigenvalue weighted by atomic mass is 10.2. The molecular weight excluding hydrogens is 471 g/mol. The highest BCUT2D eigenvalue weighted by atomic mass is 35.5. The molecule has 1 amide bonds. The van der Waals surface area contributed by atoms with Crippen molar-refractivity contribution in [2.75, 3.05) is 44.2 Å². The molecule has 1 atom stereocenters. The predicted molar refractivity (Wildman–Crippen MR) is 134 cm³/mol. The summed E-state index contributed by atoms with van der Waals surface area (Å²) in [7, 11) is 0. The molecule has 0 saturated carbocycles. The zero-order chi connectivity index (χ0) is 21.8. The Kier molecular flexibility index (Phi) is 8.68. The van der Waals surface area contributed by atoms with Crippen LogP contribution in [0, 0.1) is 0 Å². The highest BCUT2D eigenvalue weighted by Crippen LogP contribution is 2.32. The minimum atomic E-state index is -0.589. The molecule has 0 radical (unpaired) electrons. The molecule has 4 rings (SSSR count). The van der Waals surface area contributed by atoms with Gasteiger partial charge in [0.05, 0.1) is 21.8 Å². The van der Waals surface area contributed by atoms with Crippen LogP contribution in [0.2, 0.25) is 10.0 Å². The summed E-state index contributed by atoms with van der Waals surface area (Å²) >= 11 is 12.5. The van der Waals surface area contributed by atoms with E-state index in [1.165, 1.54) is 0 Å². The summed E-state index contributed by atoms with van der Waals surface area (Å²) in [5.41, 5.74) is 2.39. The maximum Gasteiger partial charge on any atom is 0.267 e. The van der Waals surface area contributed by atoms with Gasteiger partial charge in [0.2, 0.25) is 0 Å². The van der Waals surface area contributed by atoms with Crippen molar-refractivity contribution < 1.29 is 9.90 Å². The van der Waals surface area contributed by atoms with Gasteiger partial charge in [-0.1, -0.05) is 47.5 Å². The van der Waals surface area contributed by atoms with E-state index in [0.717, 1.165) is 49.3 Å². The monoisotopic (exact) mass is 496 g/mol. The van der Waals surface area contributed by atoms with Crippen LogP contribution < -0.4 is 10.2 Å². The minimum absolute atomic E-state index is 0. The van der Waals surface area contributed by atoms with Gasteiger partial charge in [-0.2, -0.15) is 0 Å². The van der Waals surface area contributed by atoms with E-state index < -0.39 is 6.10 Å². The summed E-state index contributed by atoms with van der Waals surface area (Å²) in [6.45, 7) is 4.49. The van der Waals surface area contributed by atoms with E-state index >= 15 is 0 Å². The maximum absolute atomic E-state index is 12.4. The number of amides is 1. The number of hydrogen-bond acceptors (Lipinski definition) is 4. The third-order valence-electron chi connectivity index (χ3n) is 5.70. The zero-order valence-electron chi connectivity index (χ0n) is 17.6. The molecule has 1 fully saturated rings. The molecule has 2 heterocycles. The van der Waals surface area contributed by atoms with Crippen LogP contribution in [0.3, 0.4) is 0 Å². The van der Waals surface area contributed by atoms with Gasteiger partial charge < -0.3 is 20.3 Å². The molecule has 2 aromatic carbocycles. The molecule has 32 heavy (non-hydrogen) atoms. The SMILES string of the molecule is Cl.O=C(NCC(O)CCN1CCN(c2cccc(Cl)c2Cl)CC1)c1cc2ccccc2[nH]1. The number of aliphatic hydroxyl groups excluding tert-OH is 1. The van der Waals surface area contributed by atoms with Gasteiger partial charge in [-0.25, -0.2) is 0 Å². The number of anilines is 1. The highest BCUT2D eigenvalue weighted by Gasteiger charge is 2.20. The number of hydrogen-bond donors (Lipinski definition) is 3. The number of halogens is 3. The Bertz CT molecular complexity index is 1020. The van der Waals surface area contributed by atoms with Crippen LogP contribution in [0.5, 0.6) is 0 Å². The van der Waals surface area contributed by atoms with Crippen LogP contribution in [0.15, 0.2) is 48.5 Å². The third kappa shape index (κ3) is 5.88. The number of rotatable bonds is 7. The third-order valence-corrected chi connectivity index (χ3v) is 6.50. The van der Waals surface area contributed by atoms with Crippen LogP contribution in [0.4, 0.5) is 5.69 Å². The van der Waals surface area contributed by atoms with Gasteiger partial charge in [0.15, 0.2) is 0 Å². The van der Waals surface area contributed by atoms with Crippen LogP contribution >= 0.6 is 35.6 Å². The summed E-state index contributed by atoms with van der Waals surface area (Å²) in [5.74, 6) is -0.206. The number of nitrogens with one attached hydrogen (secondary N) is 2. The van der Waals surface area contributed by atoms with Crippen LogP contribution in [0.1, 0.15) is 16.9 Å². The average Bonchev–Trinajstić information content (AvgIpc) is 3.23. The lowest BCUT2D eigenvalue weighted by Crippen LogP contribution is -2.47. The minimum Gasteiger partial charge on any atom is -0.391 e. The van der Waals surface area contributed by atoms with Gasteiger partial charge in [-0.3, -0.25) is 9.69 Å². The van der Waals surface area contributed by atoms with Crippen molar-refractivity contribution in [3.05, 3.63) is 64.3 Å². The Morgan fingerprint density at radius 1 is 1.09 bits per heavy atom. The standard InChI is InChI=1S/C23H26Cl2N4O2.ClH/c24-18-5-3-7-21(22(18)25)29-12-10-28(11-13-29)9-8-17(30)15-26-23(31)20-14-16-4-1-2-6-19(16)27-20;/h1-7,14,17,27,30H,8-13,15H2,(H,26,31);1H. The van der Waals surface area contributed by atoms with E-state index in [9.17, 15) is 9.90 Å². The van der Waals surface area contributed by atoms with Gasteiger partial charge in [-0.15, -0.1) is 12.4 Å². The quantitative estimate of drug-likeness (QED) is 0.457. The molecular formula is C23H27Cl3N4O2. The molecule has 1 saturated heterocycles. The number of H-pyrrole nitrogens is 1. The number of fused-ring (bicyclic) bond motifs is 1. The number of aromatic nitrogens is 1. The molecule has 1 aliphatic heterocycles.